The van der Waals surface area contributed by atoms with Crippen LogP contribution in [0.5, 0.6) is 5.75 Å². The van der Waals surface area contributed by atoms with Gasteiger partial charge in [-0.3, -0.25) is 0 Å². The number of benzene rings is 10. The fourth-order valence-corrected chi connectivity index (χ4v) is 11.2. The molecule has 2 aliphatic rings. The molecule has 0 spiro atoms. The van der Waals surface area contributed by atoms with E-state index in [4.69, 9.17) is 4.74 Å². The maximum Gasteiger partial charge on any atom is 0.118 e. The third-order valence-corrected chi connectivity index (χ3v) is 13.9. The Kier molecular flexibility index (Phi) is 9.21. The number of anilines is 3. The number of fused-ring (bicyclic) bond motifs is 6. The highest BCUT2D eigenvalue weighted by molar-refractivity contribution is 5.92. The lowest BCUT2D eigenvalue weighted by molar-refractivity contribution is 0.414. The molecule has 1 unspecified atom stereocenters. The zero-order valence-corrected chi connectivity index (χ0v) is 36.1. The molecule has 0 heterocycles. The van der Waals surface area contributed by atoms with Crippen molar-refractivity contribution < 1.29 is 4.74 Å². The van der Waals surface area contributed by atoms with Gasteiger partial charge in [0.25, 0.3) is 0 Å². The van der Waals surface area contributed by atoms with Crippen molar-refractivity contribution in [3.8, 4) is 39.1 Å². The molecule has 2 heteroatoms. The Bertz CT molecular complexity index is 3290. The van der Waals surface area contributed by atoms with Crippen molar-refractivity contribution in [3.63, 3.8) is 0 Å². The van der Waals surface area contributed by atoms with Gasteiger partial charge in [-0.25, -0.2) is 0 Å². The molecule has 0 N–H and O–H groups in total. The lowest BCUT2D eigenvalue weighted by Crippen LogP contribution is -2.29. The van der Waals surface area contributed by atoms with Crippen LogP contribution in [0, 0.1) is 0 Å². The van der Waals surface area contributed by atoms with Gasteiger partial charge in [0.15, 0.2) is 0 Å². The lowest BCUT2D eigenvalue weighted by atomic mass is 9.67. The second-order valence-corrected chi connectivity index (χ2v) is 17.1. The molecule has 0 saturated carbocycles. The summed E-state index contributed by atoms with van der Waals surface area (Å²) in [7, 11) is 1.73. The molecule has 0 saturated heterocycles. The Morgan fingerprint density at radius 2 is 0.646 bits per heavy atom. The zero-order chi connectivity index (χ0) is 43.4. The average Bonchev–Trinajstić information content (AvgIpc) is 3.85. The summed E-state index contributed by atoms with van der Waals surface area (Å²) < 4.78 is 5.71. The van der Waals surface area contributed by atoms with Crippen molar-refractivity contribution in [3.05, 3.63) is 299 Å². The van der Waals surface area contributed by atoms with Crippen LogP contribution in [0.25, 0.3) is 33.4 Å². The summed E-state index contributed by atoms with van der Waals surface area (Å²) in [6, 6.07) is 93.8. The molecular formula is C63H45NO. The molecule has 10 aromatic rings. The standard InChI is InChI=1S/C63H45NO/c1-65-53-38-32-49(33-39-53)63(48-24-12-5-13-25-48)59-29-17-15-27-55(59)57-41-37-52(43-61(57)63)64(50-34-30-45(31-35-50)44-18-6-2-7-19-44)51-36-40-56-54-26-14-16-28-58(54)62(60(56)42-51,46-20-8-3-9-21-46)47-22-10-4-11-23-47/h2-43H,1H3. The normalized spacial score (nSPS) is 15.0. The highest BCUT2D eigenvalue weighted by Gasteiger charge is 2.48. The molecule has 2 aliphatic carbocycles. The van der Waals surface area contributed by atoms with Crippen molar-refractivity contribution in [2.24, 2.45) is 0 Å². The summed E-state index contributed by atoms with van der Waals surface area (Å²) in [5.41, 5.74) is 19.5. The highest BCUT2D eigenvalue weighted by Crippen LogP contribution is 2.59. The Morgan fingerprint density at radius 3 is 1.09 bits per heavy atom. The molecule has 0 aliphatic heterocycles. The number of rotatable bonds is 9. The van der Waals surface area contributed by atoms with Crippen molar-refractivity contribution >= 4 is 17.1 Å². The van der Waals surface area contributed by atoms with Crippen LogP contribution < -0.4 is 9.64 Å². The van der Waals surface area contributed by atoms with E-state index in [2.05, 4.69) is 260 Å². The van der Waals surface area contributed by atoms with Gasteiger partial charge in [0, 0.05) is 17.1 Å². The predicted octanol–water partition coefficient (Wildman–Crippen LogP) is 15.6. The summed E-state index contributed by atoms with van der Waals surface area (Å²) in [6.07, 6.45) is 0. The van der Waals surface area contributed by atoms with E-state index in [1.54, 1.807) is 7.11 Å². The van der Waals surface area contributed by atoms with E-state index < -0.39 is 10.8 Å². The Hall–Kier alpha value is -8.20. The van der Waals surface area contributed by atoms with E-state index in [1.165, 1.54) is 77.9 Å². The summed E-state index contributed by atoms with van der Waals surface area (Å²) in [4.78, 5) is 2.46. The predicted molar refractivity (Wildman–Crippen MR) is 268 cm³/mol. The molecule has 0 radical (unpaired) electrons. The maximum atomic E-state index is 5.71. The van der Waals surface area contributed by atoms with Gasteiger partial charge < -0.3 is 9.64 Å². The minimum absolute atomic E-state index is 0.538. The summed E-state index contributed by atoms with van der Waals surface area (Å²) in [5, 5.41) is 0. The topological polar surface area (TPSA) is 12.5 Å². The first-order valence-electron chi connectivity index (χ1n) is 22.4. The quantitative estimate of drug-likeness (QED) is 0.144. The summed E-state index contributed by atoms with van der Waals surface area (Å²) in [6.45, 7) is 0. The SMILES string of the molecule is COc1ccc(C2(c3ccccc3)c3ccccc3-c3ccc(N(c4ccc(-c5ccccc5)cc4)c4ccc5c(c4)C(c4ccccc4)(c4ccccc4)c4ccccc4-5)cc32)cc1. The largest absolute Gasteiger partial charge is 0.497 e. The Morgan fingerprint density at radius 1 is 0.292 bits per heavy atom. The van der Waals surface area contributed by atoms with Crippen LogP contribution in [-0.2, 0) is 10.8 Å². The monoisotopic (exact) mass is 831 g/mol. The van der Waals surface area contributed by atoms with E-state index in [0.29, 0.717) is 0 Å². The molecule has 65 heavy (non-hydrogen) atoms. The molecule has 0 aromatic heterocycles. The van der Waals surface area contributed by atoms with E-state index in [1.807, 2.05) is 0 Å². The average molecular weight is 832 g/mol. The summed E-state index contributed by atoms with van der Waals surface area (Å²) in [5.74, 6) is 0.836. The summed E-state index contributed by atoms with van der Waals surface area (Å²) >= 11 is 0. The van der Waals surface area contributed by atoms with Gasteiger partial charge in [0.05, 0.1) is 17.9 Å². The van der Waals surface area contributed by atoms with Crippen molar-refractivity contribution in [1.82, 2.24) is 0 Å². The second-order valence-electron chi connectivity index (χ2n) is 17.1. The molecule has 0 amide bonds. The number of nitrogens with zero attached hydrogens (tertiary/aromatic N) is 1. The van der Waals surface area contributed by atoms with Gasteiger partial charge >= 0.3 is 0 Å². The van der Waals surface area contributed by atoms with Crippen LogP contribution in [0.15, 0.2) is 255 Å². The third kappa shape index (κ3) is 5.88. The van der Waals surface area contributed by atoms with Crippen molar-refractivity contribution in [1.29, 1.82) is 0 Å². The van der Waals surface area contributed by atoms with Crippen LogP contribution in [0.4, 0.5) is 17.1 Å². The number of hydrogen-bond donors (Lipinski definition) is 0. The number of methoxy groups -OCH3 is 1. The van der Waals surface area contributed by atoms with Gasteiger partial charge in [-0.2, -0.15) is 0 Å². The first-order chi connectivity index (χ1) is 32.2. The fraction of sp³-hybridized carbons (Fsp3) is 0.0476. The molecule has 2 nitrogen and oxygen atoms in total. The molecule has 12 rings (SSSR count). The van der Waals surface area contributed by atoms with Crippen LogP contribution in [-0.4, -0.2) is 7.11 Å². The van der Waals surface area contributed by atoms with Gasteiger partial charge in [-0.1, -0.05) is 206 Å². The first-order valence-corrected chi connectivity index (χ1v) is 22.4. The number of ether oxygens (including phenoxy) is 1. The van der Waals surface area contributed by atoms with Gasteiger partial charge in [0.2, 0.25) is 0 Å². The number of hydrogen-bond acceptors (Lipinski definition) is 2. The molecular weight excluding hydrogens is 787 g/mol. The van der Waals surface area contributed by atoms with E-state index >= 15 is 0 Å². The first kappa shape index (κ1) is 38.5. The molecule has 1 atom stereocenters. The molecule has 0 bridgehead atoms. The van der Waals surface area contributed by atoms with Crippen LogP contribution in [0.2, 0.25) is 0 Å². The van der Waals surface area contributed by atoms with Gasteiger partial charge in [-0.15, -0.1) is 0 Å². The highest BCUT2D eigenvalue weighted by atomic mass is 16.5. The molecule has 0 fully saturated rings. The Balaban J connectivity index is 1.13. The molecule has 10 aromatic carbocycles. The van der Waals surface area contributed by atoms with Gasteiger partial charge in [0.1, 0.15) is 5.75 Å². The Labute approximate surface area is 381 Å². The lowest BCUT2D eigenvalue weighted by Gasteiger charge is -2.36. The second kappa shape index (κ2) is 15.6. The van der Waals surface area contributed by atoms with Crippen molar-refractivity contribution in [2.45, 2.75) is 10.8 Å². The minimum Gasteiger partial charge on any atom is -0.497 e. The zero-order valence-electron chi connectivity index (χ0n) is 36.1. The van der Waals surface area contributed by atoms with E-state index in [-0.39, 0.29) is 0 Å². The van der Waals surface area contributed by atoms with Crippen molar-refractivity contribution in [2.75, 3.05) is 12.0 Å². The smallest absolute Gasteiger partial charge is 0.118 e. The van der Waals surface area contributed by atoms with Crippen LogP contribution >= 0.6 is 0 Å². The maximum absolute atomic E-state index is 5.71. The minimum atomic E-state index is -0.590. The third-order valence-electron chi connectivity index (χ3n) is 13.9. The van der Waals surface area contributed by atoms with E-state index in [9.17, 15) is 0 Å². The fourth-order valence-electron chi connectivity index (χ4n) is 11.2. The molecule has 308 valence electrons. The van der Waals surface area contributed by atoms with Crippen LogP contribution in [0.1, 0.15) is 44.5 Å². The van der Waals surface area contributed by atoms with Gasteiger partial charge in [-0.05, 0) is 126 Å². The van der Waals surface area contributed by atoms with Crippen LogP contribution in [0.3, 0.4) is 0 Å². The van der Waals surface area contributed by atoms with E-state index in [0.717, 1.165) is 22.8 Å².